The number of aromatic nitrogens is 2. The molecule has 0 spiro atoms. The number of amides is 1. The van der Waals surface area contributed by atoms with Crippen LogP contribution in [0.2, 0.25) is 0 Å². The number of anilines is 1. The molecule has 0 atom stereocenters. The molecule has 3 rings (SSSR count). The topological polar surface area (TPSA) is 103 Å². The largest absolute Gasteiger partial charge is 0.497 e. The second kappa shape index (κ2) is 9.58. The zero-order valence-corrected chi connectivity index (χ0v) is 19.7. The quantitative estimate of drug-likeness (QED) is 0.527. The van der Waals surface area contributed by atoms with Gasteiger partial charge in [-0.15, -0.1) is 0 Å². The molecule has 10 heteroatoms. The molecule has 0 radical (unpaired) electrons. The van der Waals surface area contributed by atoms with Crippen molar-refractivity contribution >= 4 is 32.7 Å². The first-order chi connectivity index (χ1) is 15.2. The molecular weight excluding hydrogens is 432 g/mol. The summed E-state index contributed by atoms with van der Waals surface area (Å²) in [6.45, 7) is 2.63. The van der Waals surface area contributed by atoms with E-state index in [-0.39, 0.29) is 17.2 Å². The Bertz CT molecular complexity index is 1230. The first-order valence-corrected chi connectivity index (χ1v) is 11.6. The Morgan fingerprint density at radius 1 is 1.12 bits per heavy atom. The van der Waals surface area contributed by atoms with Crippen molar-refractivity contribution in [3.63, 3.8) is 0 Å². The minimum atomic E-state index is -3.55. The summed E-state index contributed by atoms with van der Waals surface area (Å²) in [7, 11) is 2.52. The molecule has 0 saturated heterocycles. The lowest BCUT2D eigenvalue weighted by atomic mass is 10.2. The normalized spacial score (nSPS) is 11.7. The molecule has 1 aromatic heterocycles. The van der Waals surface area contributed by atoms with Crippen LogP contribution in [0.25, 0.3) is 11.0 Å². The van der Waals surface area contributed by atoms with E-state index in [1.807, 2.05) is 11.5 Å². The van der Waals surface area contributed by atoms with Crippen molar-refractivity contribution in [3.8, 4) is 11.5 Å². The van der Waals surface area contributed by atoms with Gasteiger partial charge < -0.3 is 19.4 Å². The third kappa shape index (κ3) is 4.71. The molecule has 0 fully saturated rings. The highest BCUT2D eigenvalue weighted by Gasteiger charge is 2.20. The fourth-order valence-corrected chi connectivity index (χ4v) is 4.35. The lowest BCUT2D eigenvalue weighted by molar-refractivity contribution is -0.116. The Morgan fingerprint density at radius 3 is 2.50 bits per heavy atom. The van der Waals surface area contributed by atoms with E-state index in [4.69, 9.17) is 9.47 Å². The summed E-state index contributed by atoms with van der Waals surface area (Å²) >= 11 is 0. The first kappa shape index (κ1) is 23.6. The molecule has 1 N–H and O–H groups in total. The third-order valence-electron chi connectivity index (χ3n) is 5.15. The van der Waals surface area contributed by atoms with Crippen LogP contribution in [0, 0.1) is 0 Å². The highest BCUT2D eigenvalue weighted by atomic mass is 32.2. The van der Waals surface area contributed by atoms with E-state index in [1.54, 1.807) is 43.5 Å². The standard InChI is InChI=1S/C22H28N4O5S/c1-6-26-19-9-8-16(32(28,29)25(2)3)14-17(19)23-21(26)11-12-22(27)24-18-13-15(30-4)7-10-20(18)31-5/h7-10,13-14H,6,11-12H2,1-5H3,(H,24,27). The zero-order chi connectivity index (χ0) is 23.5. The van der Waals surface area contributed by atoms with Gasteiger partial charge in [-0.25, -0.2) is 17.7 Å². The van der Waals surface area contributed by atoms with Gasteiger partial charge in [0.1, 0.15) is 17.3 Å². The summed E-state index contributed by atoms with van der Waals surface area (Å²) < 4.78 is 38.6. The average Bonchev–Trinajstić information content (AvgIpc) is 3.14. The molecule has 1 amide bonds. The number of imidazole rings is 1. The summed E-state index contributed by atoms with van der Waals surface area (Å²) in [4.78, 5) is 17.4. The number of hydrogen-bond acceptors (Lipinski definition) is 6. The van der Waals surface area contributed by atoms with Gasteiger partial charge in [-0.3, -0.25) is 4.79 Å². The van der Waals surface area contributed by atoms with Crippen LogP contribution in [-0.2, 0) is 27.8 Å². The molecule has 0 aliphatic heterocycles. The Labute approximate surface area is 188 Å². The predicted molar refractivity (Wildman–Crippen MR) is 123 cm³/mol. The number of nitrogens with one attached hydrogen (secondary N) is 1. The van der Waals surface area contributed by atoms with Crippen LogP contribution in [-0.4, -0.2) is 56.5 Å². The Balaban J connectivity index is 1.81. The van der Waals surface area contributed by atoms with Gasteiger partial charge in [-0.05, 0) is 37.3 Å². The number of ether oxygens (including phenoxy) is 2. The smallest absolute Gasteiger partial charge is 0.242 e. The van der Waals surface area contributed by atoms with Gasteiger partial charge in [0.25, 0.3) is 0 Å². The number of methoxy groups -OCH3 is 2. The minimum Gasteiger partial charge on any atom is -0.497 e. The SMILES string of the molecule is CCn1c(CCC(=O)Nc2cc(OC)ccc2OC)nc2cc(S(=O)(=O)N(C)C)ccc21. The van der Waals surface area contributed by atoms with Crippen LogP contribution < -0.4 is 14.8 Å². The number of nitrogens with zero attached hydrogens (tertiary/aromatic N) is 3. The lowest BCUT2D eigenvalue weighted by Crippen LogP contribution is -2.22. The molecule has 0 aliphatic rings. The maximum absolute atomic E-state index is 12.6. The fraction of sp³-hybridized carbons (Fsp3) is 0.364. The van der Waals surface area contributed by atoms with Gasteiger partial charge in [0.2, 0.25) is 15.9 Å². The predicted octanol–water partition coefficient (Wildman–Crippen LogP) is 2.90. The third-order valence-corrected chi connectivity index (χ3v) is 6.96. The maximum Gasteiger partial charge on any atom is 0.242 e. The number of hydrogen-bond donors (Lipinski definition) is 1. The van der Waals surface area contributed by atoms with E-state index in [9.17, 15) is 13.2 Å². The first-order valence-electron chi connectivity index (χ1n) is 10.1. The van der Waals surface area contributed by atoms with Gasteiger partial charge in [-0.1, -0.05) is 0 Å². The Morgan fingerprint density at radius 2 is 1.88 bits per heavy atom. The van der Waals surface area contributed by atoms with Gasteiger partial charge in [-0.2, -0.15) is 0 Å². The molecule has 3 aromatic rings. The molecule has 32 heavy (non-hydrogen) atoms. The molecule has 0 unspecified atom stereocenters. The second-order valence-corrected chi connectivity index (χ2v) is 9.48. The summed E-state index contributed by atoms with van der Waals surface area (Å²) in [5.41, 5.74) is 1.94. The highest BCUT2D eigenvalue weighted by molar-refractivity contribution is 7.89. The number of sulfonamides is 1. The molecule has 0 saturated carbocycles. The van der Waals surface area contributed by atoms with Crippen molar-refractivity contribution in [2.24, 2.45) is 0 Å². The summed E-state index contributed by atoms with van der Waals surface area (Å²) in [5, 5.41) is 2.85. The second-order valence-electron chi connectivity index (χ2n) is 7.32. The van der Waals surface area contributed by atoms with Gasteiger partial charge in [0.15, 0.2) is 0 Å². The maximum atomic E-state index is 12.6. The molecule has 0 aliphatic carbocycles. The lowest BCUT2D eigenvalue weighted by Gasteiger charge is -2.12. The number of fused-ring (bicyclic) bond motifs is 1. The number of benzene rings is 2. The van der Waals surface area contributed by atoms with Gasteiger partial charge in [0, 0.05) is 39.5 Å². The van der Waals surface area contributed by atoms with Crippen LogP contribution in [0.3, 0.4) is 0 Å². The minimum absolute atomic E-state index is 0.185. The van der Waals surface area contributed by atoms with E-state index in [1.165, 1.54) is 25.5 Å². The number of carbonyl (C=O) groups excluding carboxylic acids is 1. The van der Waals surface area contributed by atoms with Crippen molar-refractivity contribution in [2.45, 2.75) is 31.2 Å². The number of carbonyl (C=O) groups is 1. The molecule has 0 bridgehead atoms. The number of rotatable bonds is 9. The highest BCUT2D eigenvalue weighted by Crippen LogP contribution is 2.29. The van der Waals surface area contributed by atoms with Crippen molar-refractivity contribution in [2.75, 3.05) is 33.6 Å². The van der Waals surface area contributed by atoms with E-state index < -0.39 is 10.0 Å². The van der Waals surface area contributed by atoms with E-state index in [0.717, 1.165) is 11.3 Å². The molecule has 172 valence electrons. The fourth-order valence-electron chi connectivity index (χ4n) is 3.42. The van der Waals surface area contributed by atoms with Crippen LogP contribution in [0.4, 0.5) is 5.69 Å². The zero-order valence-electron chi connectivity index (χ0n) is 18.9. The molecular formula is C22H28N4O5S. The van der Waals surface area contributed by atoms with Gasteiger partial charge in [0.05, 0.1) is 35.8 Å². The van der Waals surface area contributed by atoms with Crippen LogP contribution in [0.15, 0.2) is 41.3 Å². The summed E-state index contributed by atoms with van der Waals surface area (Å²) in [5.74, 6) is 1.67. The molecule has 2 aromatic carbocycles. The summed E-state index contributed by atoms with van der Waals surface area (Å²) in [6.07, 6.45) is 0.600. The monoisotopic (exact) mass is 460 g/mol. The van der Waals surface area contributed by atoms with Crippen LogP contribution in [0.5, 0.6) is 11.5 Å². The average molecular weight is 461 g/mol. The molecule has 9 nitrogen and oxygen atoms in total. The van der Waals surface area contributed by atoms with E-state index in [2.05, 4.69) is 10.3 Å². The van der Waals surface area contributed by atoms with Crippen molar-refractivity contribution in [1.82, 2.24) is 13.9 Å². The van der Waals surface area contributed by atoms with Crippen LogP contribution in [0.1, 0.15) is 19.2 Å². The van der Waals surface area contributed by atoms with Crippen molar-refractivity contribution < 1.29 is 22.7 Å². The molecule has 1 heterocycles. The Kier molecular flexibility index (Phi) is 7.05. The number of aryl methyl sites for hydroxylation is 2. The van der Waals surface area contributed by atoms with E-state index in [0.29, 0.717) is 35.7 Å². The van der Waals surface area contributed by atoms with Crippen molar-refractivity contribution in [1.29, 1.82) is 0 Å². The van der Waals surface area contributed by atoms with Gasteiger partial charge >= 0.3 is 0 Å². The Hall–Kier alpha value is -3.11. The van der Waals surface area contributed by atoms with Crippen LogP contribution >= 0.6 is 0 Å². The van der Waals surface area contributed by atoms with E-state index >= 15 is 0 Å². The van der Waals surface area contributed by atoms with Crippen molar-refractivity contribution in [3.05, 3.63) is 42.2 Å². The summed E-state index contributed by atoms with van der Waals surface area (Å²) in [6, 6.07) is 10.1.